The number of rotatable bonds is 13. The van der Waals surface area contributed by atoms with E-state index in [0.29, 0.717) is 33.7 Å². The van der Waals surface area contributed by atoms with Crippen molar-refractivity contribution in [3.8, 4) is 11.5 Å². The number of anilines is 2. The van der Waals surface area contributed by atoms with E-state index in [2.05, 4.69) is 41.5 Å². The lowest BCUT2D eigenvalue weighted by atomic mass is 9.83. The van der Waals surface area contributed by atoms with Crippen LogP contribution in [0, 0.1) is 5.82 Å². The quantitative estimate of drug-likeness (QED) is 0.133. The first-order valence-corrected chi connectivity index (χ1v) is 17.6. The molecule has 0 amide bonds. The number of fused-ring (bicyclic) bond motifs is 1. The Hall–Kier alpha value is -4.59. The molecule has 0 fully saturated rings. The first kappa shape index (κ1) is 33.3. The molecule has 0 spiro atoms. The van der Waals surface area contributed by atoms with Gasteiger partial charge in [0.1, 0.15) is 36.1 Å². The maximum Gasteiger partial charge on any atom is 0.196 e. The molecular formula is C35H33BrFN5O5S. The Morgan fingerprint density at radius 2 is 1.92 bits per heavy atom. The third kappa shape index (κ3) is 7.13. The van der Waals surface area contributed by atoms with Crippen LogP contribution < -0.4 is 20.1 Å². The number of methoxy groups -OCH3 is 1. The summed E-state index contributed by atoms with van der Waals surface area (Å²) in [5.41, 5.74) is 1.99. The van der Waals surface area contributed by atoms with Crippen LogP contribution in [0.1, 0.15) is 24.5 Å². The number of benzene rings is 3. The van der Waals surface area contributed by atoms with Crippen molar-refractivity contribution >= 4 is 48.2 Å². The second-order valence-corrected chi connectivity index (χ2v) is 14.1. The fourth-order valence-corrected chi connectivity index (χ4v) is 7.24. The number of nitrogens with zero attached hydrogens (tertiary/aromatic N) is 3. The highest BCUT2D eigenvalue weighted by Crippen LogP contribution is 2.44. The van der Waals surface area contributed by atoms with Crippen molar-refractivity contribution in [1.29, 1.82) is 0 Å². The summed E-state index contributed by atoms with van der Waals surface area (Å²) in [4.78, 5) is 13.0. The molecule has 2 N–H and O–H groups in total. The van der Waals surface area contributed by atoms with Gasteiger partial charge in [0.15, 0.2) is 20.5 Å². The fraction of sp³-hybridized carbons (Fsp3) is 0.229. The molecule has 3 aromatic carbocycles. The van der Waals surface area contributed by atoms with Crippen molar-refractivity contribution in [2.24, 2.45) is 0 Å². The Bertz CT molecular complexity index is 2060. The zero-order chi connectivity index (χ0) is 33.7. The van der Waals surface area contributed by atoms with Crippen molar-refractivity contribution in [3.05, 3.63) is 119 Å². The lowest BCUT2D eigenvalue weighted by molar-refractivity contribution is 0.00695. The molecule has 0 aliphatic carbocycles. The van der Waals surface area contributed by atoms with Crippen molar-refractivity contribution in [3.63, 3.8) is 0 Å². The molecule has 1 aliphatic rings. The lowest BCUT2D eigenvalue weighted by Gasteiger charge is -2.37. The fourth-order valence-electron chi connectivity index (χ4n) is 5.64. The third-order valence-corrected chi connectivity index (χ3v) is 10.4. The smallest absolute Gasteiger partial charge is 0.196 e. The van der Waals surface area contributed by atoms with Gasteiger partial charge in [-0.15, -0.1) is 0 Å². The van der Waals surface area contributed by atoms with Gasteiger partial charge in [0.05, 0.1) is 29.1 Å². The largest absolute Gasteiger partial charge is 0.496 e. The molecule has 0 bridgehead atoms. The monoisotopic (exact) mass is 733 g/mol. The van der Waals surface area contributed by atoms with Crippen LogP contribution >= 0.6 is 15.9 Å². The number of halogens is 2. The van der Waals surface area contributed by atoms with Crippen LogP contribution in [0.5, 0.6) is 11.5 Å². The van der Waals surface area contributed by atoms with Gasteiger partial charge in [-0.1, -0.05) is 18.2 Å². The molecule has 0 saturated carbocycles. The van der Waals surface area contributed by atoms with Gasteiger partial charge < -0.3 is 24.8 Å². The maximum absolute atomic E-state index is 13.6. The summed E-state index contributed by atoms with van der Waals surface area (Å²) in [6, 6.07) is 20.1. The van der Waals surface area contributed by atoms with Crippen molar-refractivity contribution in [1.82, 2.24) is 20.3 Å². The summed E-state index contributed by atoms with van der Waals surface area (Å²) in [5.74, 6) is 1.30. The molecule has 1 aliphatic heterocycles. The van der Waals surface area contributed by atoms with Gasteiger partial charge in [0.2, 0.25) is 0 Å². The van der Waals surface area contributed by atoms with E-state index in [1.807, 2.05) is 43.3 Å². The van der Waals surface area contributed by atoms with E-state index in [4.69, 9.17) is 14.2 Å². The first-order chi connectivity index (χ1) is 23.2. The molecule has 2 atom stereocenters. The number of aromatic nitrogens is 3. The number of nitrogens with one attached hydrogen (secondary N) is 2. The second-order valence-electron chi connectivity index (χ2n) is 11.2. The van der Waals surface area contributed by atoms with Crippen LogP contribution in [0.15, 0.2) is 107 Å². The van der Waals surface area contributed by atoms with Gasteiger partial charge in [0.25, 0.3) is 0 Å². The van der Waals surface area contributed by atoms with Gasteiger partial charge in [-0.25, -0.2) is 27.8 Å². The molecule has 48 heavy (non-hydrogen) atoms. The van der Waals surface area contributed by atoms with Gasteiger partial charge in [0, 0.05) is 47.9 Å². The number of hydrogen-bond donors (Lipinski definition) is 2. The van der Waals surface area contributed by atoms with Crippen LogP contribution in [0.2, 0.25) is 0 Å². The Labute approximate surface area is 286 Å². The number of ether oxygens (including phenoxy) is 3. The molecule has 0 radical (unpaired) electrons. The third-order valence-electron chi connectivity index (χ3n) is 8.16. The normalized spacial score (nSPS) is 16.4. The van der Waals surface area contributed by atoms with Crippen LogP contribution in [0.3, 0.4) is 0 Å². The van der Waals surface area contributed by atoms with Gasteiger partial charge in [-0.05, 0) is 83.0 Å². The first-order valence-electron chi connectivity index (χ1n) is 15.2. The van der Waals surface area contributed by atoms with E-state index >= 15 is 0 Å². The van der Waals surface area contributed by atoms with E-state index in [0.717, 1.165) is 22.2 Å². The lowest BCUT2D eigenvalue weighted by Crippen LogP contribution is -2.47. The second kappa shape index (κ2) is 14.3. The molecule has 3 heterocycles. The Morgan fingerprint density at radius 1 is 1.04 bits per heavy atom. The summed E-state index contributed by atoms with van der Waals surface area (Å²) in [6.07, 6.45) is 7.06. The zero-order valence-corrected chi connectivity index (χ0v) is 28.6. The molecule has 5 aromatic rings. The highest BCUT2D eigenvalue weighted by atomic mass is 79.9. The van der Waals surface area contributed by atoms with Crippen molar-refractivity contribution in [2.75, 3.05) is 24.7 Å². The average Bonchev–Trinajstić information content (AvgIpc) is 3.59. The molecular weight excluding hydrogens is 701 g/mol. The van der Waals surface area contributed by atoms with Crippen molar-refractivity contribution < 1.29 is 27.0 Å². The summed E-state index contributed by atoms with van der Waals surface area (Å²) in [5, 5.41) is 7.53. The minimum atomic E-state index is -3.57. The van der Waals surface area contributed by atoms with Crippen LogP contribution in [0.25, 0.3) is 10.9 Å². The molecule has 2 aromatic heterocycles. The predicted molar refractivity (Wildman–Crippen MR) is 185 cm³/mol. The topological polar surface area (TPSA) is 125 Å². The summed E-state index contributed by atoms with van der Waals surface area (Å²) in [6.45, 7) is 2.37. The highest BCUT2D eigenvalue weighted by molar-refractivity contribution is 9.10. The Morgan fingerprint density at radius 3 is 2.65 bits per heavy atom. The molecule has 0 saturated heterocycles. The molecule has 13 heteroatoms. The van der Waals surface area contributed by atoms with E-state index in [-0.39, 0.29) is 35.8 Å². The van der Waals surface area contributed by atoms with Crippen LogP contribution in [-0.2, 0) is 26.8 Å². The summed E-state index contributed by atoms with van der Waals surface area (Å²) in [7, 11) is -1.98. The van der Waals surface area contributed by atoms with Gasteiger partial charge >= 0.3 is 0 Å². The van der Waals surface area contributed by atoms with Crippen LogP contribution in [0.4, 0.5) is 15.9 Å². The SMILES string of the molecule is COc1cc2ncnc(Nc3ccc(OCc4cccc(F)c4)c(Br)c3)c2cc1C1(C(C)NCCS(=O)(=O)c2ccccn2)CC=CO1. The Balaban J connectivity index is 1.24. The molecule has 10 nitrogen and oxygen atoms in total. The molecule has 2 unspecified atom stereocenters. The summed E-state index contributed by atoms with van der Waals surface area (Å²) >= 11 is 3.58. The standard InChI is InChI=1S/C35H33BrFN5O5S/c1-23(38-14-16-48(43,44)33-9-3-4-13-39-33)35(12-6-15-47-35)28-19-27-30(20-32(28)45-2)40-22-41-34(27)42-26-10-11-31(29(36)18-26)46-21-24-7-5-8-25(37)17-24/h3-11,13,15,17-20,22-23,38H,12,14,16,21H2,1-2H3,(H,40,41,42). The van der Waals surface area contributed by atoms with E-state index in [9.17, 15) is 12.8 Å². The van der Waals surface area contributed by atoms with E-state index in [1.165, 1.54) is 30.7 Å². The zero-order valence-electron chi connectivity index (χ0n) is 26.2. The molecule has 248 valence electrons. The van der Waals surface area contributed by atoms with Gasteiger partial charge in [-0.3, -0.25) is 0 Å². The number of pyridine rings is 1. The summed E-state index contributed by atoms with van der Waals surface area (Å²) < 4.78 is 58.1. The molecule has 6 rings (SSSR count). The van der Waals surface area contributed by atoms with Crippen molar-refractivity contribution in [2.45, 2.75) is 36.6 Å². The Kier molecular flexibility index (Phi) is 9.90. The average molecular weight is 735 g/mol. The predicted octanol–water partition coefficient (Wildman–Crippen LogP) is 6.84. The van der Waals surface area contributed by atoms with E-state index < -0.39 is 15.4 Å². The maximum atomic E-state index is 13.6. The highest BCUT2D eigenvalue weighted by Gasteiger charge is 2.43. The number of sulfone groups is 1. The van der Waals surface area contributed by atoms with E-state index in [1.54, 1.807) is 37.6 Å². The van der Waals surface area contributed by atoms with Crippen LogP contribution in [-0.4, -0.2) is 48.8 Å². The minimum absolute atomic E-state index is 0.0437. The number of hydrogen-bond acceptors (Lipinski definition) is 10. The van der Waals surface area contributed by atoms with Gasteiger partial charge in [-0.2, -0.15) is 0 Å². The minimum Gasteiger partial charge on any atom is -0.496 e.